The Labute approximate surface area is 257 Å². The molecule has 212 valence electrons. The van der Waals surface area contributed by atoms with E-state index in [1.807, 2.05) is 96.1 Å². The molecule has 6 rings (SSSR count). The van der Waals surface area contributed by atoms with Gasteiger partial charge in [0.25, 0.3) is 0 Å². The number of rotatable bonds is 7. The van der Waals surface area contributed by atoms with Crippen molar-refractivity contribution in [1.82, 2.24) is 4.98 Å². The third kappa shape index (κ3) is 5.97. The molecule has 0 radical (unpaired) electrons. The van der Waals surface area contributed by atoms with E-state index in [9.17, 15) is 9.59 Å². The number of hydrogen-bond donors (Lipinski definition) is 2. The summed E-state index contributed by atoms with van der Waals surface area (Å²) in [4.78, 5) is 35.0. The van der Waals surface area contributed by atoms with Crippen molar-refractivity contribution in [2.75, 3.05) is 22.6 Å². The van der Waals surface area contributed by atoms with Gasteiger partial charge in [0.1, 0.15) is 5.75 Å². The number of fused-ring (bicyclic) bond motifs is 2. The molecule has 2 aliphatic rings. The predicted octanol–water partition coefficient (Wildman–Crippen LogP) is 7.95. The van der Waals surface area contributed by atoms with Gasteiger partial charge in [0.05, 0.1) is 35.0 Å². The number of allylic oxidation sites excluding steroid dienone is 2. The van der Waals surface area contributed by atoms with E-state index in [2.05, 4.69) is 33.8 Å². The second-order valence-electron chi connectivity index (χ2n) is 9.63. The molecule has 2 N–H and O–H groups in total. The number of benzene rings is 3. The van der Waals surface area contributed by atoms with Crippen LogP contribution in [0, 0.1) is 0 Å². The third-order valence-corrected chi connectivity index (χ3v) is 10.0. The SMILES string of the molecule is COc1ccccc1-c1csc(NC(=O)C(C)Sc2cccc(NC(=O)N3c4ccccc4SC4C=CC=CC43)c2)n1. The van der Waals surface area contributed by atoms with Gasteiger partial charge < -0.3 is 15.4 Å². The van der Waals surface area contributed by atoms with Crippen molar-refractivity contribution < 1.29 is 14.3 Å². The van der Waals surface area contributed by atoms with E-state index in [1.165, 1.54) is 23.1 Å². The number of nitrogens with zero attached hydrogens (tertiary/aromatic N) is 2. The van der Waals surface area contributed by atoms with E-state index in [4.69, 9.17) is 4.74 Å². The number of thioether (sulfide) groups is 2. The minimum Gasteiger partial charge on any atom is -0.496 e. The number of urea groups is 1. The molecule has 3 amide bonds. The number of carbonyl (C=O) groups excluding carboxylic acids is 2. The van der Waals surface area contributed by atoms with E-state index in [0.29, 0.717) is 10.8 Å². The molecule has 1 aliphatic carbocycles. The van der Waals surface area contributed by atoms with Crippen LogP contribution in [0.4, 0.5) is 21.3 Å². The van der Waals surface area contributed by atoms with Gasteiger partial charge in [-0.25, -0.2) is 9.78 Å². The molecular weight excluding hydrogens is 585 g/mol. The maximum absolute atomic E-state index is 13.6. The van der Waals surface area contributed by atoms with Crippen LogP contribution in [0.5, 0.6) is 5.75 Å². The number of nitrogens with one attached hydrogen (secondary N) is 2. The Morgan fingerprint density at radius 1 is 1.00 bits per heavy atom. The quantitative estimate of drug-likeness (QED) is 0.206. The van der Waals surface area contributed by atoms with Crippen molar-refractivity contribution in [3.05, 3.63) is 102 Å². The minimum absolute atomic E-state index is 0.0782. The topological polar surface area (TPSA) is 83.6 Å². The lowest BCUT2D eigenvalue weighted by atomic mass is 10.1. The Morgan fingerprint density at radius 2 is 1.81 bits per heavy atom. The van der Waals surface area contributed by atoms with Crippen LogP contribution in [0.25, 0.3) is 11.3 Å². The summed E-state index contributed by atoms with van der Waals surface area (Å²) in [5.74, 6) is 0.577. The highest BCUT2D eigenvalue weighted by molar-refractivity contribution is 8.00. The van der Waals surface area contributed by atoms with Gasteiger partial charge in [-0.2, -0.15) is 0 Å². The van der Waals surface area contributed by atoms with Crippen molar-refractivity contribution >= 4 is 63.3 Å². The maximum atomic E-state index is 13.6. The van der Waals surface area contributed by atoms with E-state index in [-0.39, 0.29) is 28.5 Å². The first-order valence-electron chi connectivity index (χ1n) is 13.4. The van der Waals surface area contributed by atoms with Gasteiger partial charge in [0, 0.05) is 26.4 Å². The highest BCUT2D eigenvalue weighted by Gasteiger charge is 2.36. The van der Waals surface area contributed by atoms with Crippen LogP contribution in [0.2, 0.25) is 0 Å². The minimum atomic E-state index is -0.388. The Bertz CT molecular complexity index is 1680. The number of anilines is 3. The molecule has 4 aromatic rings. The molecule has 3 atom stereocenters. The van der Waals surface area contributed by atoms with Crippen molar-refractivity contribution in [1.29, 1.82) is 0 Å². The number of thiazole rings is 1. The molecule has 0 saturated carbocycles. The zero-order valence-corrected chi connectivity index (χ0v) is 25.3. The van der Waals surface area contributed by atoms with Crippen LogP contribution in [0.1, 0.15) is 6.92 Å². The van der Waals surface area contributed by atoms with Gasteiger partial charge in [-0.1, -0.05) is 54.6 Å². The van der Waals surface area contributed by atoms with Gasteiger partial charge >= 0.3 is 6.03 Å². The van der Waals surface area contributed by atoms with Gasteiger partial charge in [-0.3, -0.25) is 9.69 Å². The summed E-state index contributed by atoms with van der Waals surface area (Å²) in [6, 6.07) is 22.9. The van der Waals surface area contributed by atoms with Crippen LogP contribution in [0.15, 0.2) is 112 Å². The van der Waals surface area contributed by atoms with Crippen molar-refractivity contribution in [2.24, 2.45) is 0 Å². The average Bonchev–Trinajstić information content (AvgIpc) is 3.48. The molecule has 2 heterocycles. The highest BCUT2D eigenvalue weighted by atomic mass is 32.2. The summed E-state index contributed by atoms with van der Waals surface area (Å²) in [6.07, 6.45) is 8.23. The normalized spacial score (nSPS) is 17.6. The molecule has 0 fully saturated rings. The number of amides is 3. The smallest absolute Gasteiger partial charge is 0.326 e. The maximum Gasteiger partial charge on any atom is 0.326 e. The first-order chi connectivity index (χ1) is 20.5. The van der Waals surface area contributed by atoms with Crippen LogP contribution >= 0.6 is 34.9 Å². The lowest BCUT2D eigenvalue weighted by Gasteiger charge is -2.40. The standard InChI is InChI=1S/C32H28N4O3S3/c1-20(30(37)35-31-34-24(19-40-31)23-12-3-6-15-27(23)39-2)41-22-11-9-10-21(18-22)33-32(38)36-25-13-4-7-16-28(25)42-29-17-8-5-14-26(29)36/h3-20,25,28H,1-2H3,(H,33,38)(H,34,35,37). The number of para-hydroxylation sites is 2. The summed E-state index contributed by atoms with van der Waals surface area (Å²) < 4.78 is 5.44. The first kappa shape index (κ1) is 28.1. The van der Waals surface area contributed by atoms with Gasteiger partial charge in [-0.05, 0) is 49.4 Å². The molecule has 1 aromatic heterocycles. The summed E-state index contributed by atoms with van der Waals surface area (Å²) >= 11 is 4.56. The largest absolute Gasteiger partial charge is 0.496 e. The third-order valence-electron chi connectivity index (χ3n) is 6.85. The number of aromatic nitrogens is 1. The zero-order valence-electron chi connectivity index (χ0n) is 22.9. The summed E-state index contributed by atoms with van der Waals surface area (Å²) in [5.41, 5.74) is 3.18. The number of ether oxygens (including phenoxy) is 1. The van der Waals surface area contributed by atoms with Gasteiger partial charge in [0.15, 0.2) is 5.13 Å². The monoisotopic (exact) mass is 612 g/mol. The average molecular weight is 613 g/mol. The Balaban J connectivity index is 1.11. The zero-order chi connectivity index (χ0) is 29.1. The Hall–Kier alpha value is -3.99. The fraction of sp³-hybridized carbons (Fsp3) is 0.156. The molecule has 0 spiro atoms. The van der Waals surface area contributed by atoms with E-state index < -0.39 is 0 Å². The van der Waals surface area contributed by atoms with Crippen LogP contribution in [-0.2, 0) is 4.79 Å². The van der Waals surface area contributed by atoms with Crippen molar-refractivity contribution in [3.8, 4) is 17.0 Å². The molecule has 10 heteroatoms. The van der Waals surface area contributed by atoms with E-state index in [0.717, 1.165) is 32.5 Å². The van der Waals surface area contributed by atoms with E-state index in [1.54, 1.807) is 18.9 Å². The Morgan fingerprint density at radius 3 is 2.69 bits per heavy atom. The number of hydrogen-bond acceptors (Lipinski definition) is 7. The highest BCUT2D eigenvalue weighted by Crippen LogP contribution is 2.43. The molecular formula is C32H28N4O3S3. The van der Waals surface area contributed by atoms with Gasteiger partial charge in [-0.15, -0.1) is 34.9 Å². The lowest BCUT2D eigenvalue weighted by Crippen LogP contribution is -2.49. The van der Waals surface area contributed by atoms with E-state index >= 15 is 0 Å². The fourth-order valence-corrected chi connectivity index (χ4v) is 7.73. The first-order valence-corrected chi connectivity index (χ1v) is 16.0. The lowest BCUT2D eigenvalue weighted by molar-refractivity contribution is -0.115. The molecule has 3 aromatic carbocycles. The van der Waals surface area contributed by atoms with Gasteiger partial charge in [0.2, 0.25) is 5.91 Å². The second-order valence-corrected chi connectivity index (χ2v) is 13.1. The molecule has 0 bridgehead atoms. The summed E-state index contributed by atoms with van der Waals surface area (Å²) in [5, 5.41) is 8.21. The molecule has 0 saturated heterocycles. The Kier molecular flexibility index (Phi) is 8.36. The van der Waals surface area contributed by atoms with Crippen LogP contribution in [-0.4, -0.2) is 40.6 Å². The summed E-state index contributed by atoms with van der Waals surface area (Å²) in [6.45, 7) is 1.85. The van der Waals surface area contributed by atoms with Crippen molar-refractivity contribution in [2.45, 2.75) is 33.3 Å². The molecule has 7 nitrogen and oxygen atoms in total. The fourth-order valence-electron chi connectivity index (χ4n) is 4.83. The van der Waals surface area contributed by atoms with Crippen LogP contribution < -0.4 is 20.3 Å². The number of carbonyl (C=O) groups is 2. The molecule has 1 aliphatic heterocycles. The molecule has 42 heavy (non-hydrogen) atoms. The second kappa shape index (κ2) is 12.5. The number of methoxy groups -OCH3 is 1. The van der Waals surface area contributed by atoms with Crippen LogP contribution in [0.3, 0.4) is 0 Å². The summed E-state index contributed by atoms with van der Waals surface area (Å²) in [7, 11) is 1.63. The predicted molar refractivity (Wildman–Crippen MR) is 174 cm³/mol. The van der Waals surface area contributed by atoms with Crippen molar-refractivity contribution in [3.63, 3.8) is 0 Å². The molecule has 3 unspecified atom stereocenters.